The van der Waals surface area contributed by atoms with Gasteiger partial charge in [0.25, 0.3) is 5.91 Å². The molecule has 3 N–H and O–H groups in total. The number of rotatable bonds is 6. The van der Waals surface area contributed by atoms with E-state index < -0.39 is 23.3 Å². The van der Waals surface area contributed by atoms with E-state index in [4.69, 9.17) is 0 Å². The van der Waals surface area contributed by atoms with Crippen molar-refractivity contribution in [2.45, 2.75) is 45.7 Å². The van der Waals surface area contributed by atoms with Crippen molar-refractivity contribution in [1.29, 1.82) is 0 Å². The molecule has 1 aliphatic carbocycles. The molecule has 0 fully saturated rings. The van der Waals surface area contributed by atoms with Crippen molar-refractivity contribution in [1.82, 2.24) is 25.1 Å². The van der Waals surface area contributed by atoms with Crippen LogP contribution in [0.15, 0.2) is 42.9 Å². The Labute approximate surface area is 192 Å². The second-order valence-corrected chi connectivity index (χ2v) is 9.37. The highest BCUT2D eigenvalue weighted by molar-refractivity contribution is 5.98. The summed E-state index contributed by atoms with van der Waals surface area (Å²) < 4.78 is 1.34. The number of carbonyl (C=O) groups excluding carboxylic acids is 1. The largest absolute Gasteiger partial charge is 0.480 e. The van der Waals surface area contributed by atoms with Gasteiger partial charge in [0.1, 0.15) is 0 Å². The molecule has 0 aliphatic heterocycles. The van der Waals surface area contributed by atoms with Crippen LogP contribution in [0.3, 0.4) is 0 Å². The third-order valence-corrected chi connectivity index (χ3v) is 5.84. The molecule has 0 spiro atoms. The topological polar surface area (TPSA) is 122 Å². The van der Waals surface area contributed by atoms with E-state index in [-0.39, 0.29) is 11.7 Å². The Hall–Kier alpha value is -3.75. The maximum Gasteiger partial charge on any atom is 0.329 e. The van der Waals surface area contributed by atoms with E-state index in [0.29, 0.717) is 17.1 Å². The number of fused-ring (bicyclic) bond motifs is 1. The van der Waals surface area contributed by atoms with Crippen LogP contribution in [0.25, 0.3) is 11.1 Å². The first-order valence-electron chi connectivity index (χ1n) is 10.9. The zero-order valence-electron chi connectivity index (χ0n) is 19.2. The molecule has 9 heteroatoms. The van der Waals surface area contributed by atoms with Gasteiger partial charge >= 0.3 is 5.97 Å². The summed E-state index contributed by atoms with van der Waals surface area (Å²) in [4.78, 5) is 33.3. The molecule has 1 amide bonds. The molecule has 33 heavy (non-hydrogen) atoms. The van der Waals surface area contributed by atoms with Crippen LogP contribution in [0.5, 0.6) is 0 Å². The van der Waals surface area contributed by atoms with E-state index in [2.05, 4.69) is 37.8 Å². The number of hydrogen-bond donors (Lipinski definition) is 3. The van der Waals surface area contributed by atoms with Crippen LogP contribution in [0.1, 0.15) is 48.4 Å². The molecule has 0 radical (unpaired) electrons. The lowest BCUT2D eigenvalue weighted by Gasteiger charge is -2.27. The average Bonchev–Trinajstić information content (AvgIpc) is 3.36. The van der Waals surface area contributed by atoms with Crippen LogP contribution in [-0.2, 0) is 17.6 Å². The number of aliphatic carboxylic acids is 1. The minimum absolute atomic E-state index is 0.128. The summed E-state index contributed by atoms with van der Waals surface area (Å²) in [7, 11) is 1.51. The Morgan fingerprint density at radius 1 is 1.12 bits per heavy atom. The van der Waals surface area contributed by atoms with Crippen LogP contribution in [-0.4, -0.2) is 49.8 Å². The highest BCUT2D eigenvalue weighted by Gasteiger charge is 2.35. The first-order valence-corrected chi connectivity index (χ1v) is 10.9. The van der Waals surface area contributed by atoms with Gasteiger partial charge in [-0.2, -0.15) is 5.10 Å². The summed E-state index contributed by atoms with van der Waals surface area (Å²) in [5, 5.41) is 20.0. The molecule has 2 heterocycles. The number of anilines is 1. The Balaban J connectivity index is 1.60. The van der Waals surface area contributed by atoms with E-state index in [9.17, 15) is 14.7 Å². The van der Waals surface area contributed by atoms with E-state index in [1.807, 2.05) is 32.9 Å². The van der Waals surface area contributed by atoms with Crippen molar-refractivity contribution >= 4 is 17.8 Å². The number of carbonyl (C=O) groups is 2. The average molecular weight is 449 g/mol. The molecule has 3 aromatic rings. The van der Waals surface area contributed by atoms with E-state index in [1.54, 1.807) is 18.6 Å². The van der Waals surface area contributed by atoms with E-state index in [0.717, 1.165) is 12.8 Å². The summed E-state index contributed by atoms with van der Waals surface area (Å²) in [5.74, 6) is -0.926. The van der Waals surface area contributed by atoms with E-state index >= 15 is 0 Å². The van der Waals surface area contributed by atoms with Gasteiger partial charge in [-0.25, -0.2) is 14.8 Å². The Morgan fingerprint density at radius 3 is 2.24 bits per heavy atom. The molecule has 2 aromatic heterocycles. The predicted octanol–water partition coefficient (Wildman–Crippen LogP) is 2.95. The molecule has 172 valence electrons. The van der Waals surface area contributed by atoms with Gasteiger partial charge in [-0.1, -0.05) is 45.0 Å². The highest BCUT2D eigenvalue weighted by Crippen LogP contribution is 2.33. The molecule has 9 nitrogen and oxygen atoms in total. The minimum atomic E-state index is -1.02. The molecule has 1 atom stereocenters. The van der Waals surface area contributed by atoms with Crippen molar-refractivity contribution in [3.63, 3.8) is 0 Å². The van der Waals surface area contributed by atoms with Gasteiger partial charge in [0, 0.05) is 42.8 Å². The summed E-state index contributed by atoms with van der Waals surface area (Å²) in [6.45, 7) is 5.45. The fraction of sp³-hybridized carbons (Fsp3) is 0.375. The zero-order chi connectivity index (χ0) is 23.8. The van der Waals surface area contributed by atoms with Crippen LogP contribution >= 0.6 is 0 Å². The molecular formula is C24H28N6O3. The number of benzene rings is 1. The third-order valence-electron chi connectivity index (χ3n) is 5.84. The zero-order valence-corrected chi connectivity index (χ0v) is 19.2. The summed E-state index contributed by atoms with van der Waals surface area (Å²) >= 11 is 0. The van der Waals surface area contributed by atoms with Crippen molar-refractivity contribution in [3.8, 4) is 11.1 Å². The molecular weight excluding hydrogens is 420 g/mol. The van der Waals surface area contributed by atoms with E-state index in [1.165, 1.54) is 22.9 Å². The molecule has 0 saturated heterocycles. The van der Waals surface area contributed by atoms with Crippen LogP contribution in [0, 0.1) is 5.41 Å². The summed E-state index contributed by atoms with van der Waals surface area (Å²) in [6, 6.07) is 7.65. The fourth-order valence-electron chi connectivity index (χ4n) is 4.29. The highest BCUT2D eigenvalue weighted by atomic mass is 16.4. The SMILES string of the molecule is CNC(=O)c1nn(C(C(=O)O)C(C)(C)C)cc1-c1cnc(NC2Cc3ccccc3C2)nc1. The second kappa shape index (κ2) is 8.65. The van der Waals surface area contributed by atoms with Gasteiger partial charge in [0.2, 0.25) is 5.95 Å². The Kier molecular flexibility index (Phi) is 5.88. The fourth-order valence-corrected chi connectivity index (χ4v) is 4.29. The maximum atomic E-state index is 12.5. The minimum Gasteiger partial charge on any atom is -0.480 e. The number of nitrogens with one attached hydrogen (secondary N) is 2. The third kappa shape index (κ3) is 4.57. The van der Waals surface area contributed by atoms with Gasteiger partial charge in [0.15, 0.2) is 11.7 Å². The van der Waals surface area contributed by atoms with Crippen LogP contribution in [0.4, 0.5) is 5.95 Å². The second-order valence-electron chi connectivity index (χ2n) is 9.37. The molecule has 1 aromatic carbocycles. The molecule has 0 saturated carbocycles. The Morgan fingerprint density at radius 2 is 1.73 bits per heavy atom. The van der Waals surface area contributed by atoms with Gasteiger partial charge in [0.05, 0.1) is 0 Å². The number of amides is 1. The standard InChI is InChI=1S/C24H28N6O3/c1-24(2,3)20(22(32)33)30-13-18(19(29-30)21(31)25-4)16-11-26-23(27-12-16)28-17-9-14-7-5-6-8-15(14)10-17/h5-8,11-13,17,20H,9-10H2,1-4H3,(H,25,31)(H,32,33)(H,26,27,28). The van der Waals surface area contributed by atoms with Gasteiger partial charge < -0.3 is 15.7 Å². The first-order chi connectivity index (χ1) is 15.7. The van der Waals surface area contributed by atoms with Crippen molar-refractivity contribution in [2.24, 2.45) is 5.41 Å². The smallest absolute Gasteiger partial charge is 0.329 e. The number of hydrogen-bond acceptors (Lipinski definition) is 6. The summed E-state index contributed by atoms with van der Waals surface area (Å²) in [5.41, 5.74) is 3.24. The van der Waals surface area contributed by atoms with Crippen molar-refractivity contribution < 1.29 is 14.7 Å². The van der Waals surface area contributed by atoms with Gasteiger partial charge in [-0.3, -0.25) is 9.48 Å². The van der Waals surface area contributed by atoms with Crippen molar-refractivity contribution in [3.05, 3.63) is 59.7 Å². The predicted molar refractivity (Wildman–Crippen MR) is 124 cm³/mol. The molecule has 1 aliphatic rings. The quantitative estimate of drug-likeness (QED) is 0.530. The van der Waals surface area contributed by atoms with Crippen LogP contribution in [0.2, 0.25) is 0 Å². The lowest BCUT2D eigenvalue weighted by molar-refractivity contribution is -0.144. The van der Waals surface area contributed by atoms with Crippen LogP contribution < -0.4 is 10.6 Å². The molecule has 0 bridgehead atoms. The molecule has 4 rings (SSSR count). The number of carboxylic acids is 1. The lowest BCUT2D eigenvalue weighted by atomic mass is 9.87. The maximum absolute atomic E-state index is 12.5. The monoisotopic (exact) mass is 448 g/mol. The lowest BCUT2D eigenvalue weighted by Crippen LogP contribution is -2.32. The number of aromatic nitrogens is 4. The number of carboxylic acid groups (broad SMARTS) is 1. The van der Waals surface area contributed by atoms with Gasteiger partial charge in [-0.05, 0) is 29.4 Å². The van der Waals surface area contributed by atoms with Gasteiger partial charge in [-0.15, -0.1) is 0 Å². The normalized spacial score (nSPS) is 14.5. The Bertz CT molecular complexity index is 1150. The van der Waals surface area contributed by atoms with Crippen molar-refractivity contribution in [2.75, 3.05) is 12.4 Å². The first kappa shape index (κ1) is 22.4. The number of nitrogens with zero attached hydrogens (tertiary/aromatic N) is 4. The molecule has 1 unspecified atom stereocenters. The summed E-state index contributed by atoms with van der Waals surface area (Å²) in [6.07, 6.45) is 6.65.